The van der Waals surface area contributed by atoms with E-state index in [2.05, 4.69) is 24.1 Å². The fourth-order valence-electron chi connectivity index (χ4n) is 1.86. The third-order valence-corrected chi connectivity index (χ3v) is 3.84. The van der Waals surface area contributed by atoms with Crippen LogP contribution in [0, 0.1) is 5.92 Å². The molecule has 1 N–H and O–H groups in total. The van der Waals surface area contributed by atoms with Gasteiger partial charge in [-0.15, -0.1) is 11.3 Å². The number of carbonyl (C=O) groups excluding carboxylic acids is 1. The summed E-state index contributed by atoms with van der Waals surface area (Å²) in [5, 5.41) is 6.51. The minimum Gasteiger partial charge on any atom is -0.444 e. The molecule has 1 aromatic heterocycles. The molecule has 0 bridgehead atoms. The number of aromatic nitrogens is 1. The smallest absolute Gasteiger partial charge is 0.410 e. The van der Waals surface area contributed by atoms with Crippen molar-refractivity contribution in [2.24, 2.45) is 5.92 Å². The highest BCUT2D eigenvalue weighted by atomic mass is 32.1. The maximum atomic E-state index is 11.9. The molecule has 2 unspecified atom stereocenters. The van der Waals surface area contributed by atoms with E-state index in [1.54, 1.807) is 23.3 Å². The highest BCUT2D eigenvalue weighted by Crippen LogP contribution is 2.15. The first-order chi connectivity index (χ1) is 9.69. The number of hydrogen-bond donors (Lipinski definition) is 1. The summed E-state index contributed by atoms with van der Waals surface area (Å²) in [6.45, 7) is 11.3. The van der Waals surface area contributed by atoms with E-state index in [0.717, 1.165) is 11.6 Å². The van der Waals surface area contributed by atoms with E-state index in [0.29, 0.717) is 12.5 Å². The van der Waals surface area contributed by atoms with Crippen LogP contribution in [0.2, 0.25) is 0 Å². The molecule has 0 fully saturated rings. The maximum Gasteiger partial charge on any atom is 0.410 e. The van der Waals surface area contributed by atoms with E-state index in [1.165, 1.54) is 0 Å². The van der Waals surface area contributed by atoms with Gasteiger partial charge in [-0.25, -0.2) is 9.78 Å². The first kappa shape index (κ1) is 17.9. The molecule has 0 saturated heterocycles. The van der Waals surface area contributed by atoms with Crippen molar-refractivity contribution < 1.29 is 9.53 Å². The van der Waals surface area contributed by atoms with Crippen LogP contribution in [0.3, 0.4) is 0 Å². The van der Waals surface area contributed by atoms with Crippen molar-refractivity contribution in [3.63, 3.8) is 0 Å². The summed E-state index contributed by atoms with van der Waals surface area (Å²) in [4.78, 5) is 17.8. The van der Waals surface area contributed by atoms with Crippen molar-refractivity contribution in [3.8, 4) is 0 Å². The highest BCUT2D eigenvalue weighted by Gasteiger charge is 2.21. The Morgan fingerprint density at radius 1 is 1.48 bits per heavy atom. The summed E-state index contributed by atoms with van der Waals surface area (Å²) in [5.74, 6) is 0.338. The van der Waals surface area contributed by atoms with Gasteiger partial charge in [0.1, 0.15) is 10.6 Å². The van der Waals surface area contributed by atoms with Gasteiger partial charge in [0, 0.05) is 31.7 Å². The van der Waals surface area contributed by atoms with Gasteiger partial charge >= 0.3 is 6.09 Å². The van der Waals surface area contributed by atoms with Gasteiger partial charge < -0.3 is 15.0 Å². The van der Waals surface area contributed by atoms with Crippen LogP contribution < -0.4 is 5.32 Å². The Balaban J connectivity index is 2.32. The third-order valence-electron chi connectivity index (χ3n) is 2.89. The van der Waals surface area contributed by atoms with E-state index < -0.39 is 5.60 Å². The van der Waals surface area contributed by atoms with Crippen molar-refractivity contribution in [1.82, 2.24) is 15.2 Å². The lowest BCUT2D eigenvalue weighted by atomic mass is 10.1. The number of carbonyl (C=O) groups is 1. The standard InChI is InChI=1S/C15H27N3O2S/c1-11(9-17-12(2)13-16-7-8-21-13)10-18(6)14(19)20-15(3,4)5/h7-8,11-12,17H,9-10H2,1-6H3. The number of amides is 1. The Morgan fingerprint density at radius 3 is 2.67 bits per heavy atom. The van der Waals surface area contributed by atoms with E-state index in [1.807, 2.05) is 32.3 Å². The molecule has 2 atom stereocenters. The van der Waals surface area contributed by atoms with Crippen molar-refractivity contribution in [2.45, 2.75) is 46.3 Å². The quantitative estimate of drug-likeness (QED) is 0.875. The molecule has 0 aliphatic carbocycles. The SMILES string of the molecule is CC(CNC(C)c1nccs1)CN(C)C(=O)OC(C)(C)C. The molecule has 1 amide bonds. The Hall–Kier alpha value is -1.14. The lowest BCUT2D eigenvalue weighted by molar-refractivity contribution is 0.0276. The zero-order valence-corrected chi connectivity index (χ0v) is 14.7. The van der Waals surface area contributed by atoms with Crippen LogP contribution in [0.5, 0.6) is 0 Å². The molecule has 0 aromatic carbocycles. The van der Waals surface area contributed by atoms with Crippen molar-refractivity contribution in [2.75, 3.05) is 20.1 Å². The lowest BCUT2D eigenvalue weighted by Crippen LogP contribution is -2.38. The van der Waals surface area contributed by atoms with Crippen LogP contribution in [-0.2, 0) is 4.74 Å². The summed E-state index contributed by atoms with van der Waals surface area (Å²) < 4.78 is 5.34. The molecule has 0 aliphatic rings. The first-order valence-corrected chi connectivity index (χ1v) is 8.14. The first-order valence-electron chi connectivity index (χ1n) is 7.26. The minimum atomic E-state index is -0.452. The number of thiazole rings is 1. The summed E-state index contributed by atoms with van der Waals surface area (Å²) in [7, 11) is 1.77. The minimum absolute atomic E-state index is 0.235. The normalized spacial score (nSPS) is 14.6. The molecule has 1 aromatic rings. The monoisotopic (exact) mass is 313 g/mol. The Kier molecular flexibility index (Phi) is 6.61. The number of nitrogens with zero attached hydrogens (tertiary/aromatic N) is 2. The summed E-state index contributed by atoms with van der Waals surface area (Å²) in [6.07, 6.45) is 1.54. The van der Waals surface area contributed by atoms with Gasteiger partial charge in [-0.05, 0) is 33.6 Å². The highest BCUT2D eigenvalue weighted by molar-refractivity contribution is 7.09. The van der Waals surface area contributed by atoms with Gasteiger partial charge in [0.15, 0.2) is 0 Å². The summed E-state index contributed by atoms with van der Waals surface area (Å²) in [6, 6.07) is 0.235. The zero-order valence-electron chi connectivity index (χ0n) is 13.8. The van der Waals surface area contributed by atoms with E-state index >= 15 is 0 Å². The number of ether oxygens (including phenoxy) is 1. The van der Waals surface area contributed by atoms with Crippen LogP contribution in [0.25, 0.3) is 0 Å². The topological polar surface area (TPSA) is 54.5 Å². The number of nitrogens with one attached hydrogen (secondary N) is 1. The lowest BCUT2D eigenvalue weighted by Gasteiger charge is -2.27. The second kappa shape index (κ2) is 7.75. The van der Waals surface area contributed by atoms with Crippen molar-refractivity contribution in [3.05, 3.63) is 16.6 Å². The molecule has 0 aliphatic heterocycles. The van der Waals surface area contributed by atoms with Gasteiger partial charge in [0.05, 0.1) is 6.04 Å². The van der Waals surface area contributed by atoms with E-state index in [-0.39, 0.29) is 12.1 Å². The Morgan fingerprint density at radius 2 is 2.14 bits per heavy atom. The molecule has 1 heterocycles. The van der Waals surface area contributed by atoms with Crippen LogP contribution in [0.15, 0.2) is 11.6 Å². The average molecular weight is 313 g/mol. The predicted octanol–water partition coefficient (Wildman–Crippen LogP) is 3.30. The Labute approximate surface area is 131 Å². The van der Waals surface area contributed by atoms with Crippen LogP contribution >= 0.6 is 11.3 Å². The van der Waals surface area contributed by atoms with Gasteiger partial charge in [-0.2, -0.15) is 0 Å². The summed E-state index contributed by atoms with van der Waals surface area (Å²) >= 11 is 1.65. The molecular formula is C15H27N3O2S. The van der Waals surface area contributed by atoms with Crippen molar-refractivity contribution in [1.29, 1.82) is 0 Å². The van der Waals surface area contributed by atoms with E-state index in [9.17, 15) is 4.79 Å². The number of hydrogen-bond acceptors (Lipinski definition) is 5. The molecular weight excluding hydrogens is 286 g/mol. The Bertz CT molecular complexity index is 429. The van der Waals surface area contributed by atoms with Gasteiger partial charge in [-0.3, -0.25) is 0 Å². The molecule has 21 heavy (non-hydrogen) atoms. The fraction of sp³-hybridized carbons (Fsp3) is 0.733. The van der Waals surface area contributed by atoms with Crippen LogP contribution in [0.4, 0.5) is 4.79 Å². The third kappa shape index (κ3) is 6.91. The molecule has 1 rings (SSSR count). The largest absolute Gasteiger partial charge is 0.444 e. The van der Waals surface area contributed by atoms with E-state index in [4.69, 9.17) is 4.74 Å². The second-order valence-corrected chi connectivity index (χ2v) is 7.39. The van der Waals surface area contributed by atoms with Crippen molar-refractivity contribution >= 4 is 17.4 Å². The summed E-state index contributed by atoms with van der Waals surface area (Å²) in [5.41, 5.74) is -0.452. The maximum absolute atomic E-state index is 11.9. The fourth-order valence-corrected chi connectivity index (χ4v) is 2.53. The van der Waals surface area contributed by atoms with Gasteiger partial charge in [-0.1, -0.05) is 6.92 Å². The molecule has 6 heteroatoms. The molecule has 120 valence electrons. The predicted molar refractivity (Wildman–Crippen MR) is 86.6 cm³/mol. The zero-order chi connectivity index (χ0) is 16.0. The molecule has 0 spiro atoms. The van der Waals surface area contributed by atoms with Gasteiger partial charge in [0.25, 0.3) is 0 Å². The average Bonchev–Trinajstić information content (AvgIpc) is 2.87. The second-order valence-electron chi connectivity index (χ2n) is 6.47. The molecule has 0 radical (unpaired) electrons. The molecule has 0 saturated carbocycles. The van der Waals surface area contributed by atoms with Crippen LogP contribution in [0.1, 0.15) is 45.7 Å². The molecule has 5 nitrogen and oxygen atoms in total. The number of rotatable bonds is 6. The van der Waals surface area contributed by atoms with Crippen LogP contribution in [-0.4, -0.2) is 41.7 Å². The van der Waals surface area contributed by atoms with Gasteiger partial charge in [0.2, 0.25) is 0 Å².